The molecule has 0 N–H and O–H groups in total. The van der Waals surface area contributed by atoms with Gasteiger partial charge in [-0.2, -0.15) is 0 Å². The molecule has 182 valence electrons. The molecule has 1 saturated heterocycles. The summed E-state index contributed by atoms with van der Waals surface area (Å²) in [6.45, 7) is 4.56. The van der Waals surface area contributed by atoms with Crippen LogP contribution in [0.3, 0.4) is 0 Å². The summed E-state index contributed by atoms with van der Waals surface area (Å²) in [6, 6.07) is 13.0. The summed E-state index contributed by atoms with van der Waals surface area (Å²) >= 11 is 0. The maximum Gasteiger partial charge on any atom is 0.331 e. The van der Waals surface area contributed by atoms with Gasteiger partial charge in [-0.1, -0.05) is 36.4 Å². The minimum atomic E-state index is -0.388. The highest BCUT2D eigenvalue weighted by molar-refractivity contribution is 5.85. The fourth-order valence-electron chi connectivity index (χ4n) is 3.67. The zero-order chi connectivity index (χ0) is 22.1. The van der Waals surface area contributed by atoms with Gasteiger partial charge in [0, 0.05) is 32.7 Å². The molecular formula is C24H30Cl2F2N2O3. The van der Waals surface area contributed by atoms with Crippen LogP contribution >= 0.6 is 24.8 Å². The minimum Gasteiger partial charge on any atom is -0.467 e. The smallest absolute Gasteiger partial charge is 0.331 e. The van der Waals surface area contributed by atoms with Crippen LogP contribution in [0.25, 0.3) is 0 Å². The Balaban J connectivity index is 0.00000272. The molecule has 1 aliphatic rings. The Bertz CT molecular complexity index is 814. The van der Waals surface area contributed by atoms with E-state index >= 15 is 0 Å². The van der Waals surface area contributed by atoms with E-state index in [2.05, 4.69) is 14.5 Å². The zero-order valence-corrected chi connectivity index (χ0v) is 20.1. The molecule has 9 heteroatoms. The van der Waals surface area contributed by atoms with Crippen molar-refractivity contribution in [2.75, 3.05) is 53.0 Å². The summed E-state index contributed by atoms with van der Waals surface area (Å²) in [6.07, 6.45) is 3.93. The summed E-state index contributed by atoms with van der Waals surface area (Å²) < 4.78 is 36.6. The Hall–Kier alpha value is -2.03. The van der Waals surface area contributed by atoms with Crippen molar-refractivity contribution in [3.8, 4) is 0 Å². The van der Waals surface area contributed by atoms with E-state index < -0.39 is 0 Å². The van der Waals surface area contributed by atoms with Crippen molar-refractivity contribution in [2.24, 2.45) is 0 Å². The number of nitrogens with zero attached hydrogens (tertiary/aromatic N) is 2. The fraction of sp³-hybridized carbons (Fsp3) is 0.375. The first-order valence-electron chi connectivity index (χ1n) is 10.3. The molecular weight excluding hydrogens is 473 g/mol. The van der Waals surface area contributed by atoms with Crippen LogP contribution in [-0.4, -0.2) is 68.8 Å². The zero-order valence-electron chi connectivity index (χ0n) is 18.5. The first-order valence-corrected chi connectivity index (χ1v) is 10.3. The van der Waals surface area contributed by atoms with Crippen LogP contribution in [0.1, 0.15) is 17.2 Å². The molecule has 0 aliphatic carbocycles. The fourth-order valence-corrected chi connectivity index (χ4v) is 3.67. The lowest BCUT2D eigenvalue weighted by Crippen LogP contribution is -2.47. The van der Waals surface area contributed by atoms with Crippen molar-refractivity contribution in [1.29, 1.82) is 0 Å². The predicted molar refractivity (Wildman–Crippen MR) is 129 cm³/mol. The Morgan fingerprint density at radius 1 is 0.909 bits per heavy atom. The van der Waals surface area contributed by atoms with Gasteiger partial charge in [0.05, 0.1) is 19.8 Å². The van der Waals surface area contributed by atoms with Crippen LogP contribution < -0.4 is 0 Å². The summed E-state index contributed by atoms with van der Waals surface area (Å²) in [5, 5.41) is 0. The summed E-state index contributed by atoms with van der Waals surface area (Å²) in [4.78, 5) is 15.7. The SMILES string of the molecule is COC(=O)COCC=CCN1CCN(C(c2ccc(F)cc2)c2ccc(F)cc2)CC1.Cl.Cl. The molecule has 0 amide bonds. The molecule has 0 aromatic heterocycles. The summed E-state index contributed by atoms with van der Waals surface area (Å²) in [5.41, 5.74) is 1.98. The van der Waals surface area contributed by atoms with Gasteiger partial charge in [-0.15, -0.1) is 24.8 Å². The van der Waals surface area contributed by atoms with E-state index in [9.17, 15) is 13.6 Å². The van der Waals surface area contributed by atoms with E-state index in [1.165, 1.54) is 31.4 Å². The number of carbonyl (C=O) groups is 1. The maximum atomic E-state index is 13.4. The van der Waals surface area contributed by atoms with Gasteiger partial charge < -0.3 is 9.47 Å². The number of rotatable bonds is 9. The lowest BCUT2D eigenvalue weighted by molar-refractivity contribution is -0.145. The molecule has 5 nitrogen and oxygen atoms in total. The molecule has 1 fully saturated rings. The van der Waals surface area contributed by atoms with Gasteiger partial charge in [-0.05, 0) is 35.4 Å². The third kappa shape index (κ3) is 9.02. The average Bonchev–Trinajstić information content (AvgIpc) is 2.79. The van der Waals surface area contributed by atoms with Gasteiger partial charge in [0.25, 0.3) is 0 Å². The predicted octanol–water partition coefficient (Wildman–Crippen LogP) is 4.26. The second kappa shape index (κ2) is 15.0. The Morgan fingerprint density at radius 3 is 1.91 bits per heavy atom. The third-order valence-electron chi connectivity index (χ3n) is 5.34. The first kappa shape index (κ1) is 29.0. The van der Waals surface area contributed by atoms with Crippen LogP contribution in [0.15, 0.2) is 60.7 Å². The van der Waals surface area contributed by atoms with Crippen LogP contribution in [0.5, 0.6) is 0 Å². The standard InChI is InChI=1S/C24H28F2N2O3.2ClH/c1-30-23(29)18-31-17-3-2-12-27-13-15-28(16-14-27)24(19-4-8-21(25)9-5-19)20-6-10-22(26)11-7-20;;/h2-11,24H,12-18H2,1H3;2*1H. The van der Waals surface area contributed by atoms with Crippen molar-refractivity contribution < 1.29 is 23.0 Å². The van der Waals surface area contributed by atoms with E-state index in [1.807, 2.05) is 12.2 Å². The quantitative estimate of drug-likeness (QED) is 0.291. The maximum absolute atomic E-state index is 13.4. The van der Waals surface area contributed by atoms with E-state index in [0.717, 1.165) is 43.9 Å². The lowest BCUT2D eigenvalue weighted by atomic mass is 9.96. The monoisotopic (exact) mass is 502 g/mol. The van der Waals surface area contributed by atoms with Crippen molar-refractivity contribution in [3.63, 3.8) is 0 Å². The molecule has 0 spiro atoms. The molecule has 0 radical (unpaired) electrons. The summed E-state index contributed by atoms with van der Waals surface area (Å²) in [7, 11) is 1.33. The number of ether oxygens (including phenoxy) is 2. The Labute approximate surface area is 206 Å². The van der Waals surface area contributed by atoms with Crippen molar-refractivity contribution in [1.82, 2.24) is 9.80 Å². The van der Waals surface area contributed by atoms with Gasteiger partial charge in [0.2, 0.25) is 0 Å². The number of esters is 1. The molecule has 0 bridgehead atoms. The van der Waals surface area contributed by atoms with Gasteiger partial charge in [-0.3, -0.25) is 9.80 Å². The first-order chi connectivity index (χ1) is 15.1. The van der Waals surface area contributed by atoms with Gasteiger partial charge in [0.15, 0.2) is 0 Å². The van der Waals surface area contributed by atoms with E-state index in [-0.39, 0.29) is 55.1 Å². The third-order valence-corrected chi connectivity index (χ3v) is 5.34. The van der Waals surface area contributed by atoms with Crippen molar-refractivity contribution in [3.05, 3.63) is 83.4 Å². The van der Waals surface area contributed by atoms with Crippen molar-refractivity contribution in [2.45, 2.75) is 6.04 Å². The molecule has 2 aromatic carbocycles. The summed E-state index contributed by atoms with van der Waals surface area (Å²) in [5.74, 6) is -0.927. The number of benzene rings is 2. The number of methoxy groups -OCH3 is 1. The molecule has 1 aliphatic heterocycles. The van der Waals surface area contributed by atoms with Crippen LogP contribution in [-0.2, 0) is 14.3 Å². The highest BCUT2D eigenvalue weighted by atomic mass is 35.5. The highest BCUT2D eigenvalue weighted by Crippen LogP contribution is 2.30. The molecule has 0 saturated carbocycles. The molecule has 1 heterocycles. The average molecular weight is 503 g/mol. The lowest BCUT2D eigenvalue weighted by Gasteiger charge is -2.39. The minimum absolute atomic E-state index is 0. The van der Waals surface area contributed by atoms with Crippen LogP contribution in [0.4, 0.5) is 8.78 Å². The molecule has 0 unspecified atom stereocenters. The molecule has 33 heavy (non-hydrogen) atoms. The number of carbonyl (C=O) groups excluding carboxylic acids is 1. The number of hydrogen-bond donors (Lipinski definition) is 0. The number of piperazine rings is 1. The second-order valence-electron chi connectivity index (χ2n) is 7.40. The van der Waals surface area contributed by atoms with E-state index in [4.69, 9.17) is 4.74 Å². The molecule has 3 rings (SSSR count). The topological polar surface area (TPSA) is 42.0 Å². The normalized spacial score (nSPS) is 14.7. The van der Waals surface area contributed by atoms with Gasteiger partial charge >= 0.3 is 5.97 Å². The molecule has 0 atom stereocenters. The van der Waals surface area contributed by atoms with Gasteiger partial charge in [0.1, 0.15) is 18.2 Å². The Morgan fingerprint density at radius 2 is 1.42 bits per heavy atom. The highest BCUT2D eigenvalue weighted by Gasteiger charge is 2.26. The van der Waals surface area contributed by atoms with E-state index in [1.54, 1.807) is 24.3 Å². The molecule has 2 aromatic rings. The van der Waals surface area contributed by atoms with Crippen LogP contribution in [0.2, 0.25) is 0 Å². The van der Waals surface area contributed by atoms with Gasteiger partial charge in [-0.25, -0.2) is 13.6 Å². The van der Waals surface area contributed by atoms with Crippen molar-refractivity contribution >= 4 is 30.8 Å². The Kier molecular flexibility index (Phi) is 13.2. The van der Waals surface area contributed by atoms with E-state index in [0.29, 0.717) is 6.61 Å². The number of hydrogen-bond acceptors (Lipinski definition) is 5. The second-order valence-corrected chi connectivity index (χ2v) is 7.40. The number of halogens is 4. The largest absolute Gasteiger partial charge is 0.467 e. The van der Waals surface area contributed by atoms with Crippen LogP contribution in [0, 0.1) is 11.6 Å².